The molecule has 27 heavy (non-hydrogen) atoms. The third-order valence-corrected chi connectivity index (χ3v) is 4.11. The van der Waals surface area contributed by atoms with E-state index >= 15 is 0 Å². The zero-order valence-corrected chi connectivity index (χ0v) is 15.7. The summed E-state index contributed by atoms with van der Waals surface area (Å²) in [5, 5.41) is 11.4. The molecule has 1 heterocycles. The molecule has 3 aromatic rings. The van der Waals surface area contributed by atoms with Gasteiger partial charge in [-0.3, -0.25) is 4.79 Å². The molecule has 3 rings (SSSR count). The number of carbonyl (C=O) groups excluding carboxylic acids is 1. The highest BCUT2D eigenvalue weighted by molar-refractivity contribution is 6.30. The van der Waals surface area contributed by atoms with Gasteiger partial charge in [-0.15, -0.1) is 5.10 Å². The zero-order chi connectivity index (χ0) is 19.2. The second-order valence-electron chi connectivity index (χ2n) is 5.67. The molecule has 8 heteroatoms. The molecule has 1 N–H and O–H groups in total. The number of hydrogen-bond donors (Lipinski definition) is 1. The van der Waals surface area contributed by atoms with Gasteiger partial charge in [0.15, 0.2) is 17.2 Å². The van der Waals surface area contributed by atoms with Crippen molar-refractivity contribution in [1.29, 1.82) is 0 Å². The minimum absolute atomic E-state index is 0.257. The van der Waals surface area contributed by atoms with Gasteiger partial charge < -0.3 is 14.8 Å². The van der Waals surface area contributed by atoms with Crippen molar-refractivity contribution in [2.45, 2.75) is 6.92 Å². The highest BCUT2D eigenvalue weighted by atomic mass is 35.5. The van der Waals surface area contributed by atoms with Crippen molar-refractivity contribution >= 4 is 17.5 Å². The molecule has 0 aliphatic rings. The fraction of sp³-hybridized carbons (Fsp3) is 0.211. The average Bonchev–Trinajstić information content (AvgIpc) is 3.07. The van der Waals surface area contributed by atoms with Crippen LogP contribution in [-0.4, -0.2) is 41.2 Å². The van der Waals surface area contributed by atoms with Crippen molar-refractivity contribution in [1.82, 2.24) is 20.3 Å². The summed E-state index contributed by atoms with van der Waals surface area (Å²) in [5.74, 6) is 0.950. The van der Waals surface area contributed by atoms with Crippen molar-refractivity contribution in [3.05, 3.63) is 64.9 Å². The summed E-state index contributed by atoms with van der Waals surface area (Å²) >= 11 is 6.01. The van der Waals surface area contributed by atoms with Crippen LogP contribution in [0.25, 0.3) is 5.69 Å². The van der Waals surface area contributed by atoms with Crippen LogP contribution in [0.2, 0.25) is 5.02 Å². The Bertz CT molecular complexity index is 942. The van der Waals surface area contributed by atoms with Crippen molar-refractivity contribution in [2.24, 2.45) is 0 Å². The van der Waals surface area contributed by atoms with Crippen molar-refractivity contribution in [2.75, 3.05) is 20.3 Å². The van der Waals surface area contributed by atoms with Crippen LogP contribution in [0.3, 0.4) is 0 Å². The molecule has 140 valence electrons. The van der Waals surface area contributed by atoms with Crippen molar-refractivity contribution in [3.63, 3.8) is 0 Å². The number of nitrogens with one attached hydrogen (secondary N) is 1. The molecule has 0 unspecified atom stereocenters. The second-order valence-corrected chi connectivity index (χ2v) is 6.11. The lowest BCUT2D eigenvalue weighted by atomic mass is 10.3. The molecule has 1 amide bonds. The summed E-state index contributed by atoms with van der Waals surface area (Å²) in [6.45, 7) is 2.40. The molecule has 0 aliphatic carbocycles. The number of methoxy groups -OCH3 is 1. The molecule has 0 spiro atoms. The molecule has 0 saturated carbocycles. The fourth-order valence-electron chi connectivity index (χ4n) is 2.54. The van der Waals surface area contributed by atoms with Gasteiger partial charge in [0.05, 0.1) is 25.0 Å². The Morgan fingerprint density at radius 3 is 2.70 bits per heavy atom. The lowest BCUT2D eigenvalue weighted by Crippen LogP contribution is -2.29. The van der Waals surface area contributed by atoms with E-state index in [0.29, 0.717) is 35.4 Å². The van der Waals surface area contributed by atoms with Crippen molar-refractivity contribution < 1.29 is 14.3 Å². The third kappa shape index (κ3) is 4.38. The van der Waals surface area contributed by atoms with Gasteiger partial charge in [0.2, 0.25) is 0 Å². The third-order valence-electron chi connectivity index (χ3n) is 3.88. The maximum Gasteiger partial charge on any atom is 0.273 e. The van der Waals surface area contributed by atoms with Crippen LogP contribution in [0, 0.1) is 6.92 Å². The first-order valence-corrected chi connectivity index (χ1v) is 8.70. The van der Waals surface area contributed by atoms with E-state index in [1.54, 1.807) is 36.9 Å². The number of amides is 1. The Labute approximate surface area is 161 Å². The van der Waals surface area contributed by atoms with E-state index in [0.717, 1.165) is 5.69 Å². The first kappa shape index (κ1) is 18.7. The Hall–Kier alpha value is -3.06. The van der Waals surface area contributed by atoms with E-state index in [2.05, 4.69) is 15.6 Å². The van der Waals surface area contributed by atoms with Crippen LogP contribution >= 0.6 is 11.6 Å². The molecule has 2 aromatic carbocycles. The van der Waals surface area contributed by atoms with E-state index in [4.69, 9.17) is 21.1 Å². The van der Waals surface area contributed by atoms with E-state index < -0.39 is 0 Å². The fourth-order valence-corrected chi connectivity index (χ4v) is 2.72. The molecule has 0 fully saturated rings. The highest BCUT2D eigenvalue weighted by Gasteiger charge is 2.17. The van der Waals surface area contributed by atoms with Crippen LogP contribution in [0.15, 0.2) is 48.5 Å². The predicted molar refractivity (Wildman–Crippen MR) is 102 cm³/mol. The number of rotatable bonds is 7. The molecule has 0 saturated heterocycles. The van der Waals surface area contributed by atoms with E-state index in [-0.39, 0.29) is 11.6 Å². The van der Waals surface area contributed by atoms with E-state index in [1.165, 1.54) is 0 Å². The predicted octanol–water partition coefficient (Wildman–Crippen LogP) is 3.05. The number of aromatic nitrogens is 3. The first-order chi connectivity index (χ1) is 13.1. The number of halogens is 1. The molecular formula is C19H19ClN4O3. The summed E-state index contributed by atoms with van der Waals surface area (Å²) in [5.41, 5.74) is 1.62. The van der Waals surface area contributed by atoms with Gasteiger partial charge in [-0.2, -0.15) is 0 Å². The molecule has 0 bridgehead atoms. The number of hydrogen-bond acceptors (Lipinski definition) is 5. The van der Waals surface area contributed by atoms with Gasteiger partial charge in [-0.1, -0.05) is 35.0 Å². The number of benzene rings is 2. The minimum Gasteiger partial charge on any atom is -0.493 e. The summed E-state index contributed by atoms with van der Waals surface area (Å²) in [6, 6.07) is 14.5. The number of carbonyl (C=O) groups is 1. The summed E-state index contributed by atoms with van der Waals surface area (Å²) in [4.78, 5) is 12.4. The molecule has 0 aliphatic heterocycles. The van der Waals surface area contributed by atoms with Crippen LogP contribution in [0.4, 0.5) is 0 Å². The number of nitrogens with zero attached hydrogens (tertiary/aromatic N) is 3. The average molecular weight is 387 g/mol. The van der Waals surface area contributed by atoms with Gasteiger partial charge in [0.25, 0.3) is 5.91 Å². The lowest BCUT2D eigenvalue weighted by Gasteiger charge is -2.10. The molecule has 0 radical (unpaired) electrons. The topological polar surface area (TPSA) is 78.3 Å². The van der Waals surface area contributed by atoms with E-state index in [9.17, 15) is 4.79 Å². The van der Waals surface area contributed by atoms with Crippen molar-refractivity contribution in [3.8, 4) is 17.2 Å². The Morgan fingerprint density at radius 1 is 1.19 bits per heavy atom. The Kier molecular flexibility index (Phi) is 5.93. The number of ether oxygens (including phenoxy) is 2. The molecule has 0 atom stereocenters. The smallest absolute Gasteiger partial charge is 0.273 e. The van der Waals surface area contributed by atoms with Crippen LogP contribution in [0.1, 0.15) is 16.2 Å². The SMILES string of the molecule is COc1ccccc1OCCNC(=O)c1nnn(-c2cccc(Cl)c2)c1C. The maximum atomic E-state index is 12.4. The first-order valence-electron chi connectivity index (χ1n) is 8.32. The van der Waals surface area contributed by atoms with Crippen LogP contribution < -0.4 is 14.8 Å². The van der Waals surface area contributed by atoms with Gasteiger partial charge in [0.1, 0.15) is 6.61 Å². The maximum absolute atomic E-state index is 12.4. The summed E-state index contributed by atoms with van der Waals surface area (Å²) < 4.78 is 12.4. The molecule has 7 nitrogen and oxygen atoms in total. The molecular weight excluding hydrogens is 368 g/mol. The Balaban J connectivity index is 1.59. The highest BCUT2D eigenvalue weighted by Crippen LogP contribution is 2.25. The molecule has 1 aromatic heterocycles. The quantitative estimate of drug-likeness (QED) is 0.631. The summed E-state index contributed by atoms with van der Waals surface area (Å²) in [7, 11) is 1.58. The van der Waals surface area contributed by atoms with Crippen LogP contribution in [-0.2, 0) is 0 Å². The zero-order valence-electron chi connectivity index (χ0n) is 15.0. The second kappa shape index (κ2) is 8.55. The monoisotopic (exact) mass is 386 g/mol. The van der Waals surface area contributed by atoms with Gasteiger partial charge in [-0.05, 0) is 37.3 Å². The van der Waals surface area contributed by atoms with Gasteiger partial charge in [-0.25, -0.2) is 4.68 Å². The van der Waals surface area contributed by atoms with Crippen LogP contribution in [0.5, 0.6) is 11.5 Å². The largest absolute Gasteiger partial charge is 0.493 e. The number of para-hydroxylation sites is 2. The Morgan fingerprint density at radius 2 is 1.96 bits per heavy atom. The van der Waals surface area contributed by atoms with Gasteiger partial charge in [0, 0.05) is 5.02 Å². The summed E-state index contributed by atoms with van der Waals surface area (Å²) in [6.07, 6.45) is 0. The standard InChI is InChI=1S/C19H19ClN4O3/c1-13-18(22-23-24(13)15-7-5-6-14(20)12-15)19(25)21-10-11-27-17-9-4-3-8-16(17)26-2/h3-9,12H,10-11H2,1-2H3,(H,21,25). The normalized spacial score (nSPS) is 10.5. The minimum atomic E-state index is -0.315. The van der Waals surface area contributed by atoms with Gasteiger partial charge >= 0.3 is 0 Å². The van der Waals surface area contributed by atoms with E-state index in [1.807, 2.05) is 30.3 Å². The lowest BCUT2D eigenvalue weighted by molar-refractivity contribution is 0.0941.